The first-order valence-corrected chi connectivity index (χ1v) is 4.70. The average molecular weight is 226 g/mol. The SMILES string of the molecule is [CH2][C@H]1O[C@H](c2c[nH]c(=O)nc2N)[C@@H](O)[C@@H]1O. The molecule has 7 heteroatoms. The van der Waals surface area contributed by atoms with E-state index in [0.29, 0.717) is 5.56 Å². The summed E-state index contributed by atoms with van der Waals surface area (Å²) in [5, 5.41) is 19.2. The molecule has 5 N–H and O–H groups in total. The summed E-state index contributed by atoms with van der Waals surface area (Å²) in [6.07, 6.45) is -2.49. The average Bonchev–Trinajstić information content (AvgIpc) is 2.46. The van der Waals surface area contributed by atoms with Crippen molar-refractivity contribution < 1.29 is 14.9 Å². The van der Waals surface area contributed by atoms with E-state index < -0.39 is 30.1 Å². The zero-order valence-corrected chi connectivity index (χ0v) is 8.33. The Kier molecular flexibility index (Phi) is 2.66. The van der Waals surface area contributed by atoms with Crippen LogP contribution in [0, 0.1) is 6.92 Å². The normalized spacial score (nSPS) is 34.2. The van der Waals surface area contributed by atoms with Crippen LogP contribution in [0.2, 0.25) is 0 Å². The molecule has 2 rings (SSSR count). The third-order valence-corrected chi connectivity index (χ3v) is 2.54. The molecule has 1 aliphatic rings. The third kappa shape index (κ3) is 1.69. The summed E-state index contributed by atoms with van der Waals surface area (Å²) in [6, 6.07) is 0. The molecule has 0 aromatic carbocycles. The number of hydrogen-bond donors (Lipinski definition) is 4. The molecule has 1 fully saturated rings. The molecule has 4 atom stereocenters. The summed E-state index contributed by atoms with van der Waals surface area (Å²) in [7, 11) is 0. The molecule has 1 aromatic rings. The Labute approximate surface area is 90.9 Å². The van der Waals surface area contributed by atoms with Crippen LogP contribution in [0.1, 0.15) is 11.7 Å². The summed E-state index contributed by atoms with van der Waals surface area (Å²) in [6.45, 7) is 3.53. The standard InChI is InChI=1S/C9H12N3O4/c1-3-5(13)6(14)7(16-3)4-2-11-9(15)12-8(4)10/h2-3,5-7,13-14H,1H2,(H3,10,11,12,15)/t3-,5-,6+,7-/m1/s1. The molecule has 0 spiro atoms. The van der Waals surface area contributed by atoms with Gasteiger partial charge in [-0.2, -0.15) is 4.98 Å². The van der Waals surface area contributed by atoms with E-state index in [1.165, 1.54) is 6.20 Å². The second kappa shape index (κ2) is 3.85. The number of hydrogen-bond acceptors (Lipinski definition) is 6. The minimum Gasteiger partial charge on any atom is -0.388 e. The Morgan fingerprint density at radius 1 is 1.50 bits per heavy atom. The molecule has 7 nitrogen and oxygen atoms in total. The van der Waals surface area contributed by atoms with Gasteiger partial charge in [0.25, 0.3) is 0 Å². The number of nitrogens with one attached hydrogen (secondary N) is 1. The predicted octanol–water partition coefficient (Wildman–Crippen LogP) is -1.65. The van der Waals surface area contributed by atoms with Crippen molar-refractivity contribution in [2.24, 2.45) is 0 Å². The van der Waals surface area contributed by atoms with Gasteiger partial charge < -0.3 is 25.7 Å². The number of ether oxygens (including phenoxy) is 1. The smallest absolute Gasteiger partial charge is 0.346 e. The maximum atomic E-state index is 10.9. The zero-order chi connectivity index (χ0) is 11.9. The van der Waals surface area contributed by atoms with Crippen LogP contribution in [0.25, 0.3) is 0 Å². The number of aromatic nitrogens is 2. The highest BCUT2D eigenvalue weighted by molar-refractivity contribution is 5.39. The van der Waals surface area contributed by atoms with Crippen LogP contribution in [0.4, 0.5) is 5.82 Å². The molecule has 1 radical (unpaired) electrons. The molecular weight excluding hydrogens is 214 g/mol. The lowest BCUT2D eigenvalue weighted by Gasteiger charge is -2.15. The van der Waals surface area contributed by atoms with Crippen molar-refractivity contribution in [1.29, 1.82) is 0 Å². The van der Waals surface area contributed by atoms with Gasteiger partial charge in [-0.3, -0.25) is 0 Å². The highest BCUT2D eigenvalue weighted by atomic mass is 16.5. The van der Waals surface area contributed by atoms with Crippen molar-refractivity contribution in [1.82, 2.24) is 9.97 Å². The Bertz CT molecular complexity index is 447. The number of nitrogens with zero attached hydrogens (tertiary/aromatic N) is 1. The van der Waals surface area contributed by atoms with Crippen LogP contribution in [0.3, 0.4) is 0 Å². The van der Waals surface area contributed by atoms with E-state index in [2.05, 4.69) is 16.9 Å². The maximum Gasteiger partial charge on any atom is 0.346 e. The molecule has 87 valence electrons. The largest absolute Gasteiger partial charge is 0.388 e. The maximum absolute atomic E-state index is 10.9. The lowest BCUT2D eigenvalue weighted by molar-refractivity contribution is 0.0200. The topological polar surface area (TPSA) is 121 Å². The van der Waals surface area contributed by atoms with Crippen LogP contribution in [-0.4, -0.2) is 38.5 Å². The fourth-order valence-electron chi connectivity index (χ4n) is 1.65. The number of rotatable bonds is 1. The monoisotopic (exact) mass is 226 g/mol. The van der Waals surface area contributed by atoms with Crippen molar-refractivity contribution >= 4 is 5.82 Å². The Balaban J connectivity index is 2.35. The van der Waals surface area contributed by atoms with Crippen molar-refractivity contribution in [3.8, 4) is 0 Å². The van der Waals surface area contributed by atoms with Gasteiger partial charge in [-0.05, 0) is 6.92 Å². The van der Waals surface area contributed by atoms with Gasteiger partial charge in [0.1, 0.15) is 24.1 Å². The Hall–Kier alpha value is -1.44. The number of nitrogen functional groups attached to an aromatic ring is 1. The van der Waals surface area contributed by atoms with E-state index in [1.54, 1.807) is 0 Å². The first-order chi connectivity index (χ1) is 7.50. The van der Waals surface area contributed by atoms with Crippen LogP contribution in [-0.2, 0) is 4.74 Å². The first-order valence-electron chi connectivity index (χ1n) is 4.70. The minimum atomic E-state index is -1.14. The number of aliphatic hydroxyl groups excluding tert-OH is 2. The molecule has 1 aromatic heterocycles. The van der Waals surface area contributed by atoms with Gasteiger partial charge in [-0.25, -0.2) is 4.79 Å². The van der Waals surface area contributed by atoms with Gasteiger partial charge in [0, 0.05) is 11.8 Å². The lowest BCUT2D eigenvalue weighted by atomic mass is 10.0. The Morgan fingerprint density at radius 3 is 2.69 bits per heavy atom. The summed E-state index contributed by atoms with van der Waals surface area (Å²) in [4.78, 5) is 16.7. The highest BCUT2D eigenvalue weighted by Gasteiger charge is 2.42. The van der Waals surface area contributed by atoms with Gasteiger partial charge >= 0.3 is 5.69 Å². The van der Waals surface area contributed by atoms with E-state index in [9.17, 15) is 15.0 Å². The third-order valence-electron chi connectivity index (χ3n) is 2.54. The van der Waals surface area contributed by atoms with Crippen LogP contribution < -0.4 is 11.4 Å². The Morgan fingerprint density at radius 2 is 2.19 bits per heavy atom. The molecule has 2 heterocycles. The van der Waals surface area contributed by atoms with E-state index in [-0.39, 0.29) is 5.82 Å². The van der Waals surface area contributed by atoms with Crippen molar-refractivity contribution in [2.45, 2.75) is 24.4 Å². The predicted molar refractivity (Wildman–Crippen MR) is 54.3 cm³/mol. The van der Waals surface area contributed by atoms with Crippen LogP contribution in [0.15, 0.2) is 11.0 Å². The lowest BCUT2D eigenvalue weighted by Crippen LogP contribution is -2.29. The number of H-pyrrole nitrogens is 1. The van der Waals surface area contributed by atoms with E-state index >= 15 is 0 Å². The molecular formula is C9H12N3O4. The van der Waals surface area contributed by atoms with Crippen molar-refractivity contribution in [3.63, 3.8) is 0 Å². The summed E-state index contributed by atoms with van der Waals surface area (Å²) in [5.41, 5.74) is 5.28. The van der Waals surface area contributed by atoms with Crippen molar-refractivity contribution in [3.05, 3.63) is 29.2 Å². The second-order valence-corrected chi connectivity index (χ2v) is 3.62. The van der Waals surface area contributed by atoms with Gasteiger partial charge in [0.15, 0.2) is 0 Å². The van der Waals surface area contributed by atoms with E-state index in [1.807, 2.05) is 0 Å². The molecule has 1 saturated heterocycles. The molecule has 0 bridgehead atoms. The number of aromatic amines is 1. The van der Waals surface area contributed by atoms with Gasteiger partial charge in [0.2, 0.25) is 0 Å². The second-order valence-electron chi connectivity index (χ2n) is 3.62. The molecule has 0 unspecified atom stereocenters. The first kappa shape index (κ1) is 11.1. The summed E-state index contributed by atoms with van der Waals surface area (Å²) >= 11 is 0. The van der Waals surface area contributed by atoms with Gasteiger partial charge in [0.05, 0.1) is 6.10 Å². The van der Waals surface area contributed by atoms with Crippen LogP contribution >= 0.6 is 0 Å². The molecule has 0 saturated carbocycles. The fourth-order valence-corrected chi connectivity index (χ4v) is 1.65. The number of aliphatic hydroxyl groups is 2. The molecule has 1 aliphatic heterocycles. The van der Waals surface area contributed by atoms with Gasteiger partial charge in [-0.1, -0.05) is 0 Å². The van der Waals surface area contributed by atoms with E-state index in [0.717, 1.165) is 0 Å². The molecule has 0 aliphatic carbocycles. The summed E-state index contributed by atoms with van der Waals surface area (Å²) in [5.74, 6) is -0.0332. The van der Waals surface area contributed by atoms with Gasteiger partial charge in [-0.15, -0.1) is 0 Å². The summed E-state index contributed by atoms with van der Waals surface area (Å²) < 4.78 is 5.24. The minimum absolute atomic E-state index is 0.0332. The van der Waals surface area contributed by atoms with E-state index in [4.69, 9.17) is 10.5 Å². The zero-order valence-electron chi connectivity index (χ0n) is 8.33. The fraction of sp³-hybridized carbons (Fsp3) is 0.444. The number of anilines is 1. The number of nitrogens with two attached hydrogens (primary N) is 1. The van der Waals surface area contributed by atoms with Crippen molar-refractivity contribution in [2.75, 3.05) is 5.73 Å². The molecule has 16 heavy (non-hydrogen) atoms. The van der Waals surface area contributed by atoms with Crippen LogP contribution in [0.5, 0.6) is 0 Å². The highest BCUT2D eigenvalue weighted by Crippen LogP contribution is 2.34. The quantitative estimate of drug-likeness (QED) is 0.455. The molecule has 0 amide bonds.